The molecule has 0 aromatic heterocycles. The molecule has 0 aliphatic heterocycles. The van der Waals surface area contributed by atoms with Crippen molar-refractivity contribution < 1.29 is 0 Å². The first-order valence-electron chi connectivity index (χ1n) is 20.1. The van der Waals surface area contributed by atoms with Gasteiger partial charge in [-0.1, -0.05) is 152 Å². The molecule has 260 valence electrons. The van der Waals surface area contributed by atoms with Crippen molar-refractivity contribution in [3.63, 3.8) is 0 Å². The van der Waals surface area contributed by atoms with Crippen LogP contribution in [0.3, 0.4) is 0 Å². The molecule has 0 N–H and O–H groups in total. The van der Waals surface area contributed by atoms with E-state index in [1.54, 1.807) is 33.4 Å². The third kappa shape index (κ3) is 5.03. The molecule has 4 saturated carbocycles. The van der Waals surface area contributed by atoms with Crippen LogP contribution in [-0.4, -0.2) is 0 Å². The van der Waals surface area contributed by atoms with Gasteiger partial charge in [-0.3, -0.25) is 0 Å². The van der Waals surface area contributed by atoms with Crippen molar-refractivity contribution in [2.45, 2.75) is 126 Å². The second kappa shape index (κ2) is 11.2. The Labute approximate surface area is 299 Å². The minimum Gasteiger partial charge on any atom is -0.0764 e. The Hall–Kier alpha value is -2.60. The molecular weight excluding hydrogens is 589 g/mol. The molecular formula is C49H64. The van der Waals surface area contributed by atoms with E-state index in [9.17, 15) is 0 Å². The summed E-state index contributed by atoms with van der Waals surface area (Å²) >= 11 is 0. The van der Waals surface area contributed by atoms with E-state index in [1.165, 1.54) is 62.5 Å². The summed E-state index contributed by atoms with van der Waals surface area (Å²) < 4.78 is 0. The molecule has 2 aromatic rings. The molecule has 0 spiro atoms. The SMILES string of the molecule is Cc1ccc(C(c2ccc(C)cc2)(C2CCCC2)C2C3C=C4C(=CC3C3C=C5C(=CC32)C(C)(C)CCC5(C)C)C(C)(C)CCC4(C)C)cc1. The number of allylic oxidation sites excluding steroid dienone is 8. The van der Waals surface area contributed by atoms with Crippen molar-refractivity contribution in [3.05, 3.63) is 117 Å². The van der Waals surface area contributed by atoms with Crippen molar-refractivity contribution in [3.8, 4) is 0 Å². The molecule has 0 radical (unpaired) electrons. The molecule has 0 amide bonds. The van der Waals surface area contributed by atoms with Crippen LogP contribution < -0.4 is 0 Å². The van der Waals surface area contributed by atoms with E-state index in [-0.39, 0.29) is 27.1 Å². The second-order valence-electron chi connectivity index (χ2n) is 20.3. The smallest absolute Gasteiger partial charge is 0.0270 e. The average Bonchev–Trinajstić information content (AvgIpc) is 3.70. The molecule has 8 rings (SSSR count). The Morgan fingerprint density at radius 3 is 1.08 bits per heavy atom. The predicted molar refractivity (Wildman–Crippen MR) is 208 cm³/mol. The van der Waals surface area contributed by atoms with Crippen molar-refractivity contribution in [2.75, 3.05) is 0 Å². The highest BCUT2D eigenvalue weighted by molar-refractivity contribution is 5.54. The summed E-state index contributed by atoms with van der Waals surface area (Å²) in [6, 6.07) is 19.9. The Bertz CT molecular complexity index is 1620. The maximum atomic E-state index is 2.92. The molecule has 0 saturated heterocycles. The van der Waals surface area contributed by atoms with E-state index in [2.05, 4.69) is 142 Å². The number of hydrogen-bond acceptors (Lipinski definition) is 0. The van der Waals surface area contributed by atoms with Crippen LogP contribution in [0.25, 0.3) is 0 Å². The van der Waals surface area contributed by atoms with Crippen LogP contribution in [0.1, 0.15) is 129 Å². The van der Waals surface area contributed by atoms with E-state index in [4.69, 9.17) is 0 Å². The van der Waals surface area contributed by atoms with Crippen LogP contribution in [0.15, 0.2) is 95.1 Å². The monoisotopic (exact) mass is 653 g/mol. The minimum atomic E-state index is -0.0479. The summed E-state index contributed by atoms with van der Waals surface area (Å²) in [5.74, 6) is 3.21. The summed E-state index contributed by atoms with van der Waals surface area (Å²) in [6.45, 7) is 24.9. The van der Waals surface area contributed by atoms with Gasteiger partial charge in [-0.05, 0) is 143 Å². The normalized spacial score (nSPS) is 32.5. The van der Waals surface area contributed by atoms with Crippen LogP contribution in [0.5, 0.6) is 0 Å². The standard InChI is InChI=1S/C49H64/c1-31-15-19-34(20-16-31)49(33-13-11-12-14-33,35-21-17-32(2)18-22-35)44-38-29-42-40(45(3,4)23-25-47(42,7)8)27-36(38)37-28-41-43(30-39(37)44)48(9,10)26-24-46(41,5)6/h15-22,27-30,33,36-39,44H,11-14,23-26H2,1-10H3. The maximum Gasteiger partial charge on any atom is 0.0270 e. The number of benzene rings is 2. The van der Waals surface area contributed by atoms with Crippen LogP contribution in [0, 0.1) is 71.0 Å². The van der Waals surface area contributed by atoms with Crippen LogP contribution in [0.2, 0.25) is 0 Å². The quantitative estimate of drug-likeness (QED) is 0.308. The Morgan fingerprint density at radius 2 is 0.755 bits per heavy atom. The van der Waals surface area contributed by atoms with Gasteiger partial charge in [-0.2, -0.15) is 0 Å². The molecule has 4 unspecified atom stereocenters. The van der Waals surface area contributed by atoms with E-state index in [0.29, 0.717) is 35.5 Å². The fourth-order valence-electron chi connectivity index (χ4n) is 12.3. The van der Waals surface area contributed by atoms with Crippen molar-refractivity contribution >= 4 is 0 Å². The summed E-state index contributed by atoms with van der Waals surface area (Å²) in [5.41, 5.74) is 13.4. The third-order valence-electron chi connectivity index (χ3n) is 15.4. The highest BCUT2D eigenvalue weighted by Crippen LogP contribution is 2.69. The first-order valence-corrected chi connectivity index (χ1v) is 20.1. The lowest BCUT2D eigenvalue weighted by Gasteiger charge is -2.52. The lowest BCUT2D eigenvalue weighted by molar-refractivity contribution is 0.152. The second-order valence-corrected chi connectivity index (χ2v) is 20.3. The predicted octanol–water partition coefficient (Wildman–Crippen LogP) is 13.3. The van der Waals surface area contributed by atoms with E-state index >= 15 is 0 Å². The van der Waals surface area contributed by atoms with Gasteiger partial charge in [0.15, 0.2) is 0 Å². The van der Waals surface area contributed by atoms with E-state index < -0.39 is 0 Å². The molecule has 0 bridgehead atoms. The number of hydrogen-bond donors (Lipinski definition) is 0. The van der Waals surface area contributed by atoms with Gasteiger partial charge in [0.25, 0.3) is 0 Å². The zero-order chi connectivity index (χ0) is 34.7. The Balaban J connectivity index is 1.45. The Morgan fingerprint density at radius 1 is 0.449 bits per heavy atom. The van der Waals surface area contributed by atoms with Crippen molar-refractivity contribution in [2.24, 2.45) is 57.2 Å². The zero-order valence-electron chi connectivity index (χ0n) is 32.5. The minimum absolute atomic E-state index is 0.0479. The van der Waals surface area contributed by atoms with Crippen LogP contribution >= 0.6 is 0 Å². The summed E-state index contributed by atoms with van der Waals surface area (Å²) in [6.07, 6.45) is 22.1. The molecule has 0 nitrogen and oxygen atoms in total. The van der Waals surface area contributed by atoms with Gasteiger partial charge in [0, 0.05) is 5.41 Å². The van der Waals surface area contributed by atoms with Crippen molar-refractivity contribution in [1.29, 1.82) is 0 Å². The first-order chi connectivity index (χ1) is 23.1. The summed E-state index contributed by atoms with van der Waals surface area (Å²) in [7, 11) is 0. The van der Waals surface area contributed by atoms with Gasteiger partial charge in [0.1, 0.15) is 0 Å². The largest absolute Gasteiger partial charge is 0.0764 e. The molecule has 0 heterocycles. The van der Waals surface area contributed by atoms with Gasteiger partial charge < -0.3 is 0 Å². The molecule has 2 aromatic carbocycles. The summed E-state index contributed by atoms with van der Waals surface area (Å²) in [5, 5.41) is 0. The molecule has 4 fully saturated rings. The zero-order valence-corrected chi connectivity index (χ0v) is 32.5. The van der Waals surface area contributed by atoms with Gasteiger partial charge in [0.05, 0.1) is 0 Å². The number of rotatable bonds is 4. The highest BCUT2D eigenvalue weighted by atomic mass is 14.7. The van der Waals surface area contributed by atoms with E-state index in [1.807, 2.05) is 0 Å². The maximum absolute atomic E-state index is 2.92. The summed E-state index contributed by atoms with van der Waals surface area (Å²) in [4.78, 5) is 0. The number of aryl methyl sites for hydroxylation is 2. The lowest BCUT2D eigenvalue weighted by Crippen LogP contribution is -2.48. The topological polar surface area (TPSA) is 0 Å². The average molecular weight is 653 g/mol. The fourth-order valence-corrected chi connectivity index (χ4v) is 12.3. The molecule has 4 atom stereocenters. The first kappa shape index (κ1) is 33.5. The molecule has 6 aliphatic rings. The van der Waals surface area contributed by atoms with Crippen LogP contribution in [-0.2, 0) is 5.41 Å². The highest BCUT2D eigenvalue weighted by Gasteiger charge is 2.62. The fraction of sp³-hybridized carbons (Fsp3) is 0.592. The lowest BCUT2D eigenvalue weighted by atomic mass is 9.51. The Kier molecular flexibility index (Phi) is 7.66. The van der Waals surface area contributed by atoms with Crippen LogP contribution in [0.4, 0.5) is 0 Å². The molecule has 49 heavy (non-hydrogen) atoms. The number of fused-ring (bicyclic) bond motifs is 5. The molecule has 0 heteroatoms. The molecule has 6 aliphatic carbocycles. The van der Waals surface area contributed by atoms with E-state index in [0.717, 1.165) is 0 Å². The third-order valence-corrected chi connectivity index (χ3v) is 15.4. The van der Waals surface area contributed by atoms with Gasteiger partial charge in [-0.25, -0.2) is 0 Å². The van der Waals surface area contributed by atoms with Gasteiger partial charge >= 0.3 is 0 Å². The van der Waals surface area contributed by atoms with Crippen molar-refractivity contribution in [1.82, 2.24) is 0 Å². The van der Waals surface area contributed by atoms with Gasteiger partial charge in [-0.15, -0.1) is 0 Å². The van der Waals surface area contributed by atoms with Gasteiger partial charge in [0.2, 0.25) is 0 Å².